The van der Waals surface area contributed by atoms with Crippen LogP contribution in [0.25, 0.3) is 0 Å². The van der Waals surface area contributed by atoms with Crippen LogP contribution in [0.15, 0.2) is 42.5 Å². The molecule has 0 saturated heterocycles. The lowest BCUT2D eigenvalue weighted by atomic mass is 9.87. The molecule has 4 rings (SSSR count). The quantitative estimate of drug-likeness (QED) is 0.768. The number of carbonyl (C=O) groups excluding carboxylic acids is 2. The first-order valence-electron chi connectivity index (χ1n) is 8.17. The molecule has 8 heteroatoms. The molecule has 1 atom stereocenters. The van der Waals surface area contributed by atoms with Gasteiger partial charge in [0, 0.05) is 24.6 Å². The number of carbonyl (C=O) groups is 2. The molecule has 5 nitrogen and oxygen atoms in total. The summed E-state index contributed by atoms with van der Waals surface area (Å²) in [5.41, 5.74) is 1.21. The second-order valence-electron chi connectivity index (χ2n) is 6.51. The number of ether oxygens (including phenoxy) is 2. The molecule has 0 saturated carbocycles. The molecule has 0 fully saturated rings. The van der Waals surface area contributed by atoms with Gasteiger partial charge in [0.15, 0.2) is 0 Å². The second kappa shape index (κ2) is 5.73. The van der Waals surface area contributed by atoms with Crippen LogP contribution in [-0.4, -0.2) is 24.8 Å². The third-order valence-corrected chi connectivity index (χ3v) is 4.81. The zero-order chi connectivity index (χ0) is 19.4. The normalized spacial score (nSPS) is 20.1. The molecule has 2 heterocycles. The van der Waals surface area contributed by atoms with E-state index >= 15 is 0 Å². The summed E-state index contributed by atoms with van der Waals surface area (Å²) in [4.78, 5) is 25.9. The van der Waals surface area contributed by atoms with Gasteiger partial charge in [-0.2, -0.15) is 0 Å². The fourth-order valence-corrected chi connectivity index (χ4v) is 3.87. The SMILES string of the molecule is CC(=O)OC[C@]12Cc3cc(OC(F)(F)F)ccc3N1C(=O)c1ccccc12. The number of hydrogen-bond donors (Lipinski definition) is 0. The Kier molecular flexibility index (Phi) is 3.69. The third-order valence-electron chi connectivity index (χ3n) is 4.81. The molecule has 0 bridgehead atoms. The molecular weight excluding hydrogens is 363 g/mol. The fraction of sp³-hybridized carbons (Fsp3) is 0.263. The minimum absolute atomic E-state index is 0.0881. The topological polar surface area (TPSA) is 55.8 Å². The summed E-state index contributed by atoms with van der Waals surface area (Å²) in [7, 11) is 0. The first-order chi connectivity index (χ1) is 12.7. The van der Waals surface area contributed by atoms with Gasteiger partial charge in [-0.3, -0.25) is 14.5 Å². The maximum Gasteiger partial charge on any atom is 0.573 e. The van der Waals surface area contributed by atoms with Gasteiger partial charge < -0.3 is 9.47 Å². The molecule has 0 radical (unpaired) electrons. The van der Waals surface area contributed by atoms with Gasteiger partial charge in [0.25, 0.3) is 5.91 Å². The Morgan fingerprint density at radius 3 is 2.67 bits per heavy atom. The van der Waals surface area contributed by atoms with Crippen molar-refractivity contribution in [3.63, 3.8) is 0 Å². The number of nitrogens with zero attached hydrogens (tertiary/aromatic N) is 1. The van der Waals surface area contributed by atoms with Gasteiger partial charge in [-0.05, 0) is 35.4 Å². The van der Waals surface area contributed by atoms with Crippen molar-refractivity contribution in [2.45, 2.75) is 25.2 Å². The number of fused-ring (bicyclic) bond motifs is 5. The second-order valence-corrected chi connectivity index (χ2v) is 6.51. The molecule has 0 N–H and O–H groups in total. The van der Waals surface area contributed by atoms with Gasteiger partial charge in [-0.1, -0.05) is 18.2 Å². The van der Waals surface area contributed by atoms with Crippen LogP contribution in [0.2, 0.25) is 0 Å². The van der Waals surface area contributed by atoms with Crippen molar-refractivity contribution in [2.75, 3.05) is 11.5 Å². The molecule has 2 aliphatic heterocycles. The molecule has 2 aromatic rings. The summed E-state index contributed by atoms with van der Waals surface area (Å²) < 4.78 is 46.8. The number of rotatable bonds is 3. The third kappa shape index (κ3) is 2.72. The van der Waals surface area contributed by atoms with Crippen molar-refractivity contribution in [2.24, 2.45) is 0 Å². The number of amides is 1. The van der Waals surface area contributed by atoms with Crippen LogP contribution in [-0.2, 0) is 21.5 Å². The van der Waals surface area contributed by atoms with Crippen LogP contribution in [0.1, 0.15) is 28.4 Å². The Hall–Kier alpha value is -3.03. The minimum Gasteiger partial charge on any atom is -0.463 e. The molecular formula is C19H14F3NO4. The molecule has 0 aromatic heterocycles. The number of esters is 1. The first kappa shape index (κ1) is 17.4. The van der Waals surface area contributed by atoms with Gasteiger partial charge in [0.1, 0.15) is 17.9 Å². The van der Waals surface area contributed by atoms with E-state index in [1.807, 2.05) is 0 Å². The number of halogens is 3. The van der Waals surface area contributed by atoms with Crippen LogP contribution >= 0.6 is 0 Å². The van der Waals surface area contributed by atoms with Gasteiger partial charge in [-0.25, -0.2) is 0 Å². The van der Waals surface area contributed by atoms with Crippen molar-refractivity contribution in [1.82, 2.24) is 0 Å². The van der Waals surface area contributed by atoms with E-state index in [0.717, 1.165) is 0 Å². The summed E-state index contributed by atoms with van der Waals surface area (Å²) in [6, 6.07) is 10.8. The Bertz CT molecular complexity index is 956. The minimum atomic E-state index is -4.80. The van der Waals surface area contributed by atoms with E-state index in [4.69, 9.17) is 4.74 Å². The highest BCUT2D eigenvalue weighted by Gasteiger charge is 2.55. The summed E-state index contributed by atoms with van der Waals surface area (Å²) in [5.74, 6) is -1.13. The molecule has 0 spiro atoms. The van der Waals surface area contributed by atoms with Gasteiger partial charge >= 0.3 is 12.3 Å². The average Bonchev–Trinajstić information content (AvgIpc) is 3.03. The van der Waals surface area contributed by atoms with E-state index < -0.39 is 17.9 Å². The summed E-state index contributed by atoms with van der Waals surface area (Å²) in [6.07, 6.45) is -4.59. The van der Waals surface area contributed by atoms with E-state index in [2.05, 4.69) is 4.74 Å². The summed E-state index contributed by atoms with van der Waals surface area (Å²) >= 11 is 0. The highest BCUT2D eigenvalue weighted by atomic mass is 19.4. The zero-order valence-corrected chi connectivity index (χ0v) is 14.2. The maximum atomic E-state index is 13.0. The predicted molar refractivity (Wildman–Crippen MR) is 88.4 cm³/mol. The molecule has 2 aliphatic rings. The lowest BCUT2D eigenvalue weighted by molar-refractivity contribution is -0.274. The monoisotopic (exact) mass is 377 g/mol. The number of anilines is 1. The number of alkyl halides is 3. The lowest BCUT2D eigenvalue weighted by Crippen LogP contribution is -2.45. The fourth-order valence-electron chi connectivity index (χ4n) is 3.87. The lowest BCUT2D eigenvalue weighted by Gasteiger charge is -2.32. The van der Waals surface area contributed by atoms with Crippen LogP contribution in [0, 0.1) is 0 Å². The Morgan fingerprint density at radius 2 is 1.96 bits per heavy atom. The molecule has 27 heavy (non-hydrogen) atoms. The van der Waals surface area contributed by atoms with E-state index in [-0.39, 0.29) is 24.7 Å². The number of benzene rings is 2. The van der Waals surface area contributed by atoms with E-state index in [1.165, 1.54) is 30.0 Å². The van der Waals surface area contributed by atoms with E-state index in [0.29, 0.717) is 22.4 Å². The van der Waals surface area contributed by atoms with E-state index in [1.54, 1.807) is 24.3 Å². The predicted octanol–water partition coefficient (Wildman–Crippen LogP) is 3.56. The van der Waals surface area contributed by atoms with Gasteiger partial charge in [0.05, 0.1) is 0 Å². The van der Waals surface area contributed by atoms with Gasteiger partial charge in [0.2, 0.25) is 0 Å². The highest BCUT2D eigenvalue weighted by molar-refractivity contribution is 6.13. The molecule has 0 aliphatic carbocycles. The van der Waals surface area contributed by atoms with Crippen LogP contribution in [0.4, 0.5) is 18.9 Å². The smallest absolute Gasteiger partial charge is 0.463 e. The zero-order valence-electron chi connectivity index (χ0n) is 14.2. The molecule has 1 amide bonds. The Labute approximate surface area is 152 Å². The van der Waals surface area contributed by atoms with Crippen LogP contribution < -0.4 is 9.64 Å². The summed E-state index contributed by atoms with van der Waals surface area (Å²) in [5, 5.41) is 0. The van der Waals surface area contributed by atoms with Crippen molar-refractivity contribution in [3.05, 3.63) is 59.2 Å². The van der Waals surface area contributed by atoms with Crippen molar-refractivity contribution < 1.29 is 32.2 Å². The van der Waals surface area contributed by atoms with Crippen molar-refractivity contribution in [3.8, 4) is 5.75 Å². The molecule has 2 aromatic carbocycles. The maximum absolute atomic E-state index is 13.0. The van der Waals surface area contributed by atoms with Gasteiger partial charge in [-0.15, -0.1) is 13.2 Å². The highest BCUT2D eigenvalue weighted by Crippen LogP contribution is 2.52. The van der Waals surface area contributed by atoms with Crippen LogP contribution in [0.3, 0.4) is 0 Å². The van der Waals surface area contributed by atoms with Crippen molar-refractivity contribution >= 4 is 17.6 Å². The average molecular weight is 377 g/mol. The molecule has 0 unspecified atom stereocenters. The van der Waals surface area contributed by atoms with Crippen LogP contribution in [0.5, 0.6) is 5.75 Å². The summed E-state index contributed by atoms with van der Waals surface area (Å²) in [6.45, 7) is 1.18. The van der Waals surface area contributed by atoms with Crippen molar-refractivity contribution in [1.29, 1.82) is 0 Å². The molecule has 140 valence electrons. The van der Waals surface area contributed by atoms with E-state index in [9.17, 15) is 22.8 Å². The Balaban J connectivity index is 1.80. The number of hydrogen-bond acceptors (Lipinski definition) is 4. The standard InChI is InChI=1S/C19H14F3NO4/c1-11(24)26-10-18-9-12-8-13(27-19(20,21)22)6-7-16(12)23(18)17(25)14-4-2-3-5-15(14)18/h2-8H,9-10H2,1H3/t18-/m0/s1. The first-order valence-corrected chi connectivity index (χ1v) is 8.17. The Morgan fingerprint density at radius 1 is 1.22 bits per heavy atom. The largest absolute Gasteiger partial charge is 0.573 e.